The van der Waals surface area contributed by atoms with E-state index in [-0.39, 0.29) is 11.7 Å². The van der Waals surface area contributed by atoms with Gasteiger partial charge in [0.25, 0.3) is 0 Å². The van der Waals surface area contributed by atoms with Gasteiger partial charge in [-0.1, -0.05) is 12.1 Å². The minimum absolute atomic E-state index is 0.0998. The molecule has 94 valence electrons. The maximum Gasteiger partial charge on any atom is 0.205 e. The van der Waals surface area contributed by atoms with Gasteiger partial charge in [0.05, 0.1) is 11.5 Å². The van der Waals surface area contributed by atoms with Crippen LogP contribution < -0.4 is 5.73 Å². The molecule has 0 amide bonds. The quantitative estimate of drug-likeness (QED) is 0.849. The molecule has 0 saturated heterocycles. The first kappa shape index (κ1) is 11.8. The lowest BCUT2D eigenvalue weighted by Gasteiger charge is -2.28. The summed E-state index contributed by atoms with van der Waals surface area (Å²) in [5.74, 6) is 0.149. The smallest absolute Gasteiger partial charge is 0.205 e. The number of carbonyl (C=O) groups excluding carboxylic acids is 1. The molecule has 0 radical (unpaired) electrons. The summed E-state index contributed by atoms with van der Waals surface area (Å²) in [7, 11) is 0. The number of nitrogens with two attached hydrogens (primary N) is 1. The van der Waals surface area contributed by atoms with Crippen LogP contribution in [0.1, 0.15) is 17.2 Å². The van der Waals surface area contributed by atoms with Gasteiger partial charge in [-0.05, 0) is 17.5 Å². The largest absolute Gasteiger partial charge is 0.444 e. The lowest BCUT2D eigenvalue weighted by atomic mass is 9.83. The second-order valence-corrected chi connectivity index (χ2v) is 5.23. The van der Waals surface area contributed by atoms with Crippen molar-refractivity contribution in [2.75, 3.05) is 0 Å². The number of hydrogen-bond acceptors (Lipinski definition) is 5. The molecule has 1 aromatic rings. The number of carbonyl (C=O) groups is 1. The number of allylic oxidation sites excluding steroid dienone is 4. The fourth-order valence-corrected chi connectivity index (χ4v) is 3.19. The first-order chi connectivity index (χ1) is 9.22. The molecule has 5 heteroatoms. The van der Waals surface area contributed by atoms with Gasteiger partial charge in [0.1, 0.15) is 17.4 Å². The first-order valence-electron chi connectivity index (χ1n) is 5.77. The van der Waals surface area contributed by atoms with E-state index in [4.69, 9.17) is 10.5 Å². The van der Waals surface area contributed by atoms with Crippen LogP contribution in [0, 0.1) is 11.3 Å². The normalized spacial score (nSPS) is 22.1. The molecule has 1 aliphatic carbocycles. The van der Waals surface area contributed by atoms with Crippen molar-refractivity contribution in [3.63, 3.8) is 0 Å². The average molecular weight is 270 g/mol. The Morgan fingerprint density at radius 3 is 3.05 bits per heavy atom. The Labute approximate surface area is 114 Å². The molecule has 2 aliphatic rings. The van der Waals surface area contributed by atoms with Crippen molar-refractivity contribution in [1.29, 1.82) is 5.26 Å². The van der Waals surface area contributed by atoms with Crippen molar-refractivity contribution < 1.29 is 9.53 Å². The van der Waals surface area contributed by atoms with Gasteiger partial charge in [-0.25, -0.2) is 0 Å². The second-order valence-electron chi connectivity index (χ2n) is 4.25. The fraction of sp³-hybridized carbons (Fsp3) is 0.143. The number of thiophene rings is 1. The molecule has 1 unspecified atom stereocenters. The van der Waals surface area contributed by atoms with Crippen LogP contribution in [0.3, 0.4) is 0 Å². The molecule has 0 spiro atoms. The molecule has 4 nitrogen and oxygen atoms in total. The van der Waals surface area contributed by atoms with Crippen LogP contribution in [-0.4, -0.2) is 5.78 Å². The predicted molar refractivity (Wildman–Crippen MR) is 70.8 cm³/mol. The molecule has 19 heavy (non-hydrogen) atoms. The Bertz CT molecular complexity index is 675. The van der Waals surface area contributed by atoms with Crippen molar-refractivity contribution in [1.82, 2.24) is 0 Å². The number of ketones is 1. The third kappa shape index (κ3) is 1.77. The molecule has 0 bridgehead atoms. The van der Waals surface area contributed by atoms with Gasteiger partial charge in [-0.3, -0.25) is 4.79 Å². The van der Waals surface area contributed by atoms with Crippen molar-refractivity contribution in [3.8, 4) is 6.07 Å². The van der Waals surface area contributed by atoms with Gasteiger partial charge in [0, 0.05) is 11.3 Å². The number of hydrogen-bond donors (Lipinski definition) is 1. The molecule has 1 atom stereocenters. The summed E-state index contributed by atoms with van der Waals surface area (Å²) in [4.78, 5) is 13.0. The zero-order valence-electron chi connectivity index (χ0n) is 9.92. The van der Waals surface area contributed by atoms with Crippen molar-refractivity contribution in [3.05, 3.63) is 57.3 Å². The number of nitriles is 1. The molecule has 0 aromatic carbocycles. The van der Waals surface area contributed by atoms with Gasteiger partial charge in [-0.15, -0.1) is 11.3 Å². The van der Waals surface area contributed by atoms with E-state index in [2.05, 4.69) is 6.07 Å². The van der Waals surface area contributed by atoms with Gasteiger partial charge in [0.15, 0.2) is 5.78 Å². The monoisotopic (exact) mass is 270 g/mol. The average Bonchev–Trinajstić information content (AvgIpc) is 2.91. The minimum atomic E-state index is -0.397. The highest BCUT2D eigenvalue weighted by Crippen LogP contribution is 2.43. The Kier molecular flexibility index (Phi) is 2.73. The molecule has 1 aromatic heterocycles. The van der Waals surface area contributed by atoms with Crippen LogP contribution in [0.4, 0.5) is 0 Å². The molecule has 0 saturated carbocycles. The zero-order valence-corrected chi connectivity index (χ0v) is 10.7. The van der Waals surface area contributed by atoms with Gasteiger partial charge >= 0.3 is 0 Å². The van der Waals surface area contributed by atoms with Crippen LogP contribution >= 0.6 is 11.3 Å². The minimum Gasteiger partial charge on any atom is -0.444 e. The van der Waals surface area contributed by atoms with E-state index in [1.807, 2.05) is 17.5 Å². The van der Waals surface area contributed by atoms with Crippen LogP contribution in [0.2, 0.25) is 0 Å². The molecule has 2 heterocycles. The van der Waals surface area contributed by atoms with Crippen LogP contribution in [0.25, 0.3) is 0 Å². The van der Waals surface area contributed by atoms with E-state index < -0.39 is 5.92 Å². The lowest BCUT2D eigenvalue weighted by molar-refractivity contribution is -0.112. The van der Waals surface area contributed by atoms with Crippen molar-refractivity contribution in [2.24, 2.45) is 5.73 Å². The highest BCUT2D eigenvalue weighted by molar-refractivity contribution is 7.10. The molecule has 1 aliphatic heterocycles. The third-order valence-corrected chi connectivity index (χ3v) is 4.10. The molecule has 2 N–H and O–H groups in total. The molecule has 0 fully saturated rings. The molecular formula is C14H10N2O2S. The highest BCUT2D eigenvalue weighted by Gasteiger charge is 2.37. The summed E-state index contributed by atoms with van der Waals surface area (Å²) in [6, 6.07) is 5.87. The number of rotatable bonds is 1. The van der Waals surface area contributed by atoms with Crippen LogP contribution in [0.15, 0.2) is 52.5 Å². The van der Waals surface area contributed by atoms with Crippen LogP contribution in [0.5, 0.6) is 0 Å². The number of nitrogens with zero attached hydrogens (tertiary/aromatic N) is 1. The van der Waals surface area contributed by atoms with Gasteiger partial charge < -0.3 is 10.5 Å². The first-order valence-corrected chi connectivity index (χ1v) is 6.65. The maximum atomic E-state index is 12.1. The van der Waals surface area contributed by atoms with E-state index in [1.165, 1.54) is 17.4 Å². The summed E-state index contributed by atoms with van der Waals surface area (Å²) in [5, 5.41) is 11.2. The van der Waals surface area contributed by atoms with Gasteiger partial charge in [-0.2, -0.15) is 5.26 Å². The van der Waals surface area contributed by atoms with Crippen molar-refractivity contribution in [2.45, 2.75) is 12.3 Å². The second kappa shape index (κ2) is 4.41. The Morgan fingerprint density at radius 2 is 2.37 bits per heavy atom. The Hall–Kier alpha value is -2.32. The van der Waals surface area contributed by atoms with Crippen molar-refractivity contribution >= 4 is 17.1 Å². The third-order valence-electron chi connectivity index (χ3n) is 3.16. The Balaban J connectivity index is 2.18. The van der Waals surface area contributed by atoms with E-state index in [0.29, 0.717) is 23.3 Å². The highest BCUT2D eigenvalue weighted by atomic mass is 32.1. The maximum absolute atomic E-state index is 12.1. The Morgan fingerprint density at radius 1 is 1.53 bits per heavy atom. The van der Waals surface area contributed by atoms with E-state index >= 15 is 0 Å². The molecular weight excluding hydrogens is 260 g/mol. The summed E-state index contributed by atoms with van der Waals surface area (Å²) in [5.41, 5.74) is 6.66. The standard InChI is InChI=1S/C14H10N2O2S/c15-7-8-12(11-5-2-6-19-11)13-9(17)3-1-4-10(13)18-14(8)16/h1-3,5-6,12H,4,16H2. The van der Waals surface area contributed by atoms with E-state index in [9.17, 15) is 10.1 Å². The topological polar surface area (TPSA) is 76.1 Å². The lowest BCUT2D eigenvalue weighted by Crippen LogP contribution is -2.25. The summed E-state index contributed by atoms with van der Waals surface area (Å²) >= 11 is 1.50. The summed E-state index contributed by atoms with van der Waals surface area (Å²) < 4.78 is 5.44. The molecule has 3 rings (SSSR count). The zero-order chi connectivity index (χ0) is 13.4. The fourth-order valence-electron chi connectivity index (χ4n) is 2.34. The van der Waals surface area contributed by atoms with E-state index in [0.717, 1.165) is 4.88 Å². The predicted octanol–water partition coefficient (Wildman–Crippen LogP) is 2.34. The van der Waals surface area contributed by atoms with Gasteiger partial charge in [0.2, 0.25) is 5.88 Å². The number of ether oxygens (including phenoxy) is 1. The van der Waals surface area contributed by atoms with Crippen LogP contribution in [-0.2, 0) is 9.53 Å². The van der Waals surface area contributed by atoms with E-state index in [1.54, 1.807) is 6.08 Å². The SMILES string of the molecule is N#CC1=C(N)OC2=C(C(=O)C=CC2)C1c1cccs1. The summed E-state index contributed by atoms with van der Waals surface area (Å²) in [6.45, 7) is 0. The summed E-state index contributed by atoms with van der Waals surface area (Å²) in [6.07, 6.45) is 3.80.